The molecule has 14 heavy (non-hydrogen) atoms. The van der Waals surface area contributed by atoms with Crippen molar-refractivity contribution in [3.05, 3.63) is 22.7 Å². The zero-order chi connectivity index (χ0) is 9.97. The minimum atomic E-state index is 0.826. The van der Waals surface area contributed by atoms with Crippen molar-refractivity contribution in [2.24, 2.45) is 5.92 Å². The molecular weight excluding hydrogens is 240 g/mol. The van der Waals surface area contributed by atoms with E-state index >= 15 is 0 Å². The molecule has 0 bridgehead atoms. The lowest BCUT2D eigenvalue weighted by molar-refractivity contribution is 0.333. The molecule has 0 aromatic heterocycles. The third-order valence-corrected chi connectivity index (χ3v) is 3.31. The second kappa shape index (κ2) is 4.22. The van der Waals surface area contributed by atoms with Crippen LogP contribution in [0.1, 0.15) is 19.3 Å². The van der Waals surface area contributed by atoms with Crippen LogP contribution >= 0.6 is 15.9 Å². The summed E-state index contributed by atoms with van der Waals surface area (Å²) in [6, 6.07) is 5.92. The molecule has 2 nitrogen and oxygen atoms in total. The highest BCUT2D eigenvalue weighted by atomic mass is 79.9. The van der Waals surface area contributed by atoms with Gasteiger partial charge in [-0.25, -0.2) is 0 Å². The summed E-state index contributed by atoms with van der Waals surface area (Å²) in [5.74, 6) is 0.855. The lowest BCUT2D eigenvalue weighted by atomic mass is 9.85. The Morgan fingerprint density at radius 1 is 1.43 bits per heavy atom. The highest BCUT2D eigenvalue weighted by Gasteiger charge is 2.16. The number of nitrogens with one attached hydrogen (secondary N) is 1. The lowest BCUT2D eigenvalue weighted by Crippen LogP contribution is -2.21. The summed E-state index contributed by atoms with van der Waals surface area (Å²) in [5, 5.41) is 3.40. The first-order chi connectivity index (χ1) is 6.75. The number of benzene rings is 1. The predicted octanol–water partition coefficient (Wildman–Crippen LogP) is 3.24. The van der Waals surface area contributed by atoms with Crippen LogP contribution in [0.3, 0.4) is 0 Å². The minimum absolute atomic E-state index is 0.826. The van der Waals surface area contributed by atoms with Gasteiger partial charge in [0.05, 0.1) is 11.4 Å². The van der Waals surface area contributed by atoms with Crippen LogP contribution in [0.15, 0.2) is 22.7 Å². The first-order valence-electron chi connectivity index (χ1n) is 5.04. The Labute approximate surface area is 93.0 Å². The summed E-state index contributed by atoms with van der Waals surface area (Å²) in [6.07, 6.45) is 4.11. The van der Waals surface area contributed by atoms with Crippen molar-refractivity contribution in [3.63, 3.8) is 0 Å². The molecule has 1 aliphatic rings. The zero-order valence-electron chi connectivity index (χ0n) is 8.09. The summed E-state index contributed by atoms with van der Waals surface area (Å²) in [5.41, 5.74) is 7.73. The molecule has 0 saturated heterocycles. The van der Waals surface area contributed by atoms with E-state index in [0.717, 1.165) is 28.3 Å². The molecule has 0 aliphatic heterocycles. The van der Waals surface area contributed by atoms with Crippen molar-refractivity contribution in [1.29, 1.82) is 0 Å². The van der Waals surface area contributed by atoms with Crippen LogP contribution in [0.25, 0.3) is 0 Å². The maximum absolute atomic E-state index is 5.85. The van der Waals surface area contributed by atoms with E-state index in [9.17, 15) is 0 Å². The Morgan fingerprint density at radius 3 is 2.86 bits per heavy atom. The Balaban J connectivity index is 1.96. The van der Waals surface area contributed by atoms with Gasteiger partial charge in [-0.05, 0) is 37.0 Å². The lowest BCUT2D eigenvalue weighted by Gasteiger charge is -2.26. The average molecular weight is 255 g/mol. The summed E-state index contributed by atoms with van der Waals surface area (Å²) in [4.78, 5) is 0. The molecule has 0 radical (unpaired) electrons. The summed E-state index contributed by atoms with van der Waals surface area (Å²) in [7, 11) is 0. The van der Waals surface area contributed by atoms with Gasteiger partial charge in [0, 0.05) is 11.0 Å². The van der Waals surface area contributed by atoms with E-state index in [2.05, 4.69) is 21.2 Å². The SMILES string of the molecule is Nc1ccc(Br)cc1NCC1CCC1. The summed E-state index contributed by atoms with van der Waals surface area (Å²) >= 11 is 3.44. The van der Waals surface area contributed by atoms with Gasteiger partial charge in [0.25, 0.3) is 0 Å². The van der Waals surface area contributed by atoms with Gasteiger partial charge >= 0.3 is 0 Å². The Hall–Kier alpha value is -0.700. The first kappa shape index (κ1) is 9.84. The second-order valence-corrected chi connectivity index (χ2v) is 4.83. The molecule has 1 aromatic rings. The molecule has 0 unspecified atom stereocenters. The number of nitrogen functional groups attached to an aromatic ring is 1. The fraction of sp³-hybridized carbons (Fsp3) is 0.455. The topological polar surface area (TPSA) is 38.0 Å². The van der Waals surface area contributed by atoms with E-state index in [1.165, 1.54) is 19.3 Å². The number of hydrogen-bond acceptors (Lipinski definition) is 2. The Morgan fingerprint density at radius 2 is 2.21 bits per heavy atom. The fourth-order valence-corrected chi connectivity index (χ4v) is 1.99. The van der Waals surface area contributed by atoms with Crippen molar-refractivity contribution >= 4 is 27.3 Å². The minimum Gasteiger partial charge on any atom is -0.397 e. The van der Waals surface area contributed by atoms with Gasteiger partial charge in [-0.2, -0.15) is 0 Å². The average Bonchev–Trinajstić information content (AvgIpc) is 2.08. The van der Waals surface area contributed by atoms with Crippen LogP contribution in [-0.2, 0) is 0 Å². The van der Waals surface area contributed by atoms with Gasteiger partial charge in [-0.1, -0.05) is 22.4 Å². The van der Waals surface area contributed by atoms with Crippen LogP contribution in [0, 0.1) is 5.92 Å². The highest BCUT2D eigenvalue weighted by Crippen LogP contribution is 2.28. The molecule has 3 heteroatoms. The number of rotatable bonds is 3. The summed E-state index contributed by atoms with van der Waals surface area (Å²) in [6.45, 7) is 1.06. The van der Waals surface area contributed by atoms with Gasteiger partial charge < -0.3 is 11.1 Å². The van der Waals surface area contributed by atoms with E-state index in [4.69, 9.17) is 5.73 Å². The van der Waals surface area contributed by atoms with Crippen molar-refractivity contribution < 1.29 is 0 Å². The highest BCUT2D eigenvalue weighted by molar-refractivity contribution is 9.10. The zero-order valence-corrected chi connectivity index (χ0v) is 9.68. The molecule has 1 saturated carbocycles. The van der Waals surface area contributed by atoms with Gasteiger partial charge in [-0.15, -0.1) is 0 Å². The molecule has 0 atom stereocenters. The van der Waals surface area contributed by atoms with E-state index in [1.807, 2.05) is 18.2 Å². The third kappa shape index (κ3) is 2.21. The van der Waals surface area contributed by atoms with E-state index < -0.39 is 0 Å². The molecule has 3 N–H and O–H groups in total. The van der Waals surface area contributed by atoms with Crippen molar-refractivity contribution in [2.45, 2.75) is 19.3 Å². The van der Waals surface area contributed by atoms with Gasteiger partial charge in [0.15, 0.2) is 0 Å². The van der Waals surface area contributed by atoms with Gasteiger partial charge in [-0.3, -0.25) is 0 Å². The van der Waals surface area contributed by atoms with Crippen LogP contribution in [0.2, 0.25) is 0 Å². The smallest absolute Gasteiger partial charge is 0.0585 e. The molecule has 0 spiro atoms. The van der Waals surface area contributed by atoms with E-state index in [1.54, 1.807) is 0 Å². The van der Waals surface area contributed by atoms with Crippen LogP contribution < -0.4 is 11.1 Å². The van der Waals surface area contributed by atoms with Crippen LogP contribution in [0.5, 0.6) is 0 Å². The van der Waals surface area contributed by atoms with Gasteiger partial charge in [0.1, 0.15) is 0 Å². The molecule has 0 heterocycles. The normalized spacial score (nSPS) is 16.4. The van der Waals surface area contributed by atoms with E-state index in [0.29, 0.717) is 0 Å². The molecule has 2 rings (SSSR count). The summed E-state index contributed by atoms with van der Waals surface area (Å²) < 4.78 is 1.07. The molecule has 76 valence electrons. The number of anilines is 2. The fourth-order valence-electron chi connectivity index (χ4n) is 1.63. The monoisotopic (exact) mass is 254 g/mol. The largest absolute Gasteiger partial charge is 0.397 e. The molecular formula is C11H15BrN2. The molecule has 1 aliphatic carbocycles. The molecule has 0 amide bonds. The maximum atomic E-state index is 5.85. The van der Waals surface area contributed by atoms with E-state index in [-0.39, 0.29) is 0 Å². The Bertz CT molecular complexity index is 321. The second-order valence-electron chi connectivity index (χ2n) is 3.91. The number of hydrogen-bond donors (Lipinski definition) is 2. The van der Waals surface area contributed by atoms with Crippen molar-refractivity contribution in [2.75, 3.05) is 17.6 Å². The van der Waals surface area contributed by atoms with Gasteiger partial charge in [0.2, 0.25) is 0 Å². The molecule has 1 fully saturated rings. The van der Waals surface area contributed by atoms with Crippen molar-refractivity contribution in [3.8, 4) is 0 Å². The Kier molecular flexibility index (Phi) is 2.96. The molecule has 1 aromatic carbocycles. The number of halogens is 1. The maximum Gasteiger partial charge on any atom is 0.0585 e. The quantitative estimate of drug-likeness (QED) is 0.813. The van der Waals surface area contributed by atoms with Crippen LogP contribution in [-0.4, -0.2) is 6.54 Å². The van der Waals surface area contributed by atoms with Crippen LogP contribution in [0.4, 0.5) is 11.4 Å². The van der Waals surface area contributed by atoms with Crippen molar-refractivity contribution in [1.82, 2.24) is 0 Å². The third-order valence-electron chi connectivity index (χ3n) is 2.82. The number of nitrogens with two attached hydrogens (primary N) is 1. The standard InChI is InChI=1S/C11H15BrN2/c12-9-4-5-10(13)11(6-9)14-7-8-2-1-3-8/h4-6,8,14H,1-3,7,13H2. The predicted molar refractivity (Wildman–Crippen MR) is 64.4 cm³/mol. The first-order valence-corrected chi connectivity index (χ1v) is 5.84.